The molecule has 0 aliphatic rings. The highest BCUT2D eigenvalue weighted by Gasteiger charge is 2.18. The minimum Gasteiger partial charge on any atom is -0.481 e. The fourth-order valence-corrected chi connectivity index (χ4v) is 1.59. The Labute approximate surface area is 102 Å². The van der Waals surface area contributed by atoms with Gasteiger partial charge < -0.3 is 10.4 Å². The zero-order chi connectivity index (χ0) is 12.5. The molecular weight excluding hydrogens is 214 g/mol. The SMILES string of the molecule is C#CCCCNCC(C(=O)O)c1ccccc1. The molecule has 0 aromatic heterocycles. The van der Waals surface area contributed by atoms with Gasteiger partial charge >= 0.3 is 5.97 Å². The Balaban J connectivity index is 2.46. The van der Waals surface area contributed by atoms with Crippen molar-refractivity contribution < 1.29 is 9.90 Å². The van der Waals surface area contributed by atoms with Gasteiger partial charge in [-0.2, -0.15) is 0 Å². The molecule has 1 aromatic carbocycles. The van der Waals surface area contributed by atoms with E-state index in [0.29, 0.717) is 6.54 Å². The number of benzene rings is 1. The number of unbranched alkanes of at least 4 members (excludes halogenated alkanes) is 1. The number of hydrogen-bond donors (Lipinski definition) is 2. The van der Waals surface area contributed by atoms with Crippen molar-refractivity contribution in [1.82, 2.24) is 5.32 Å². The predicted molar refractivity (Wildman–Crippen MR) is 67.8 cm³/mol. The summed E-state index contributed by atoms with van der Waals surface area (Å²) in [5.74, 6) is 1.25. The third kappa shape index (κ3) is 4.71. The topological polar surface area (TPSA) is 49.3 Å². The molecule has 0 aliphatic heterocycles. The van der Waals surface area contributed by atoms with Crippen LogP contribution in [-0.2, 0) is 4.79 Å². The number of terminal acetylenes is 1. The molecule has 0 spiro atoms. The van der Waals surface area contributed by atoms with Crippen molar-refractivity contribution in [3.63, 3.8) is 0 Å². The van der Waals surface area contributed by atoms with Crippen LogP contribution in [0, 0.1) is 12.3 Å². The Bertz CT molecular complexity index is 381. The summed E-state index contributed by atoms with van der Waals surface area (Å²) in [5, 5.41) is 12.3. The lowest BCUT2D eigenvalue weighted by atomic mass is 9.99. The van der Waals surface area contributed by atoms with Gasteiger partial charge in [0.2, 0.25) is 0 Å². The summed E-state index contributed by atoms with van der Waals surface area (Å²) < 4.78 is 0. The van der Waals surface area contributed by atoms with Gasteiger partial charge in [-0.1, -0.05) is 30.3 Å². The maximum Gasteiger partial charge on any atom is 0.312 e. The molecule has 0 saturated heterocycles. The van der Waals surface area contributed by atoms with Gasteiger partial charge in [0, 0.05) is 13.0 Å². The first-order chi connectivity index (χ1) is 8.25. The van der Waals surface area contributed by atoms with Gasteiger partial charge in [-0.3, -0.25) is 4.79 Å². The molecule has 1 rings (SSSR count). The van der Waals surface area contributed by atoms with Gasteiger partial charge in [-0.25, -0.2) is 0 Å². The van der Waals surface area contributed by atoms with Crippen LogP contribution in [0.15, 0.2) is 30.3 Å². The lowest BCUT2D eigenvalue weighted by Gasteiger charge is -2.13. The Morgan fingerprint density at radius 2 is 2.12 bits per heavy atom. The van der Waals surface area contributed by atoms with E-state index < -0.39 is 11.9 Å². The maximum atomic E-state index is 11.1. The van der Waals surface area contributed by atoms with E-state index in [-0.39, 0.29) is 0 Å². The van der Waals surface area contributed by atoms with Crippen molar-refractivity contribution in [3.05, 3.63) is 35.9 Å². The number of carbonyl (C=O) groups is 1. The smallest absolute Gasteiger partial charge is 0.312 e. The molecule has 1 atom stereocenters. The molecule has 0 bridgehead atoms. The Kier molecular flexibility index (Phi) is 5.84. The predicted octanol–water partition coefficient (Wildman–Crippen LogP) is 1.86. The highest BCUT2D eigenvalue weighted by atomic mass is 16.4. The molecule has 90 valence electrons. The van der Waals surface area contributed by atoms with Crippen molar-refractivity contribution >= 4 is 5.97 Å². The number of nitrogens with one attached hydrogen (secondary N) is 1. The highest BCUT2D eigenvalue weighted by Crippen LogP contribution is 2.14. The van der Waals surface area contributed by atoms with Crippen LogP contribution in [0.3, 0.4) is 0 Å². The van der Waals surface area contributed by atoms with Crippen molar-refractivity contribution in [2.45, 2.75) is 18.8 Å². The van der Waals surface area contributed by atoms with E-state index >= 15 is 0 Å². The van der Waals surface area contributed by atoms with Crippen molar-refractivity contribution in [1.29, 1.82) is 0 Å². The van der Waals surface area contributed by atoms with Gasteiger partial charge in [0.1, 0.15) is 0 Å². The molecule has 0 radical (unpaired) electrons. The van der Waals surface area contributed by atoms with E-state index in [9.17, 15) is 4.79 Å². The van der Waals surface area contributed by atoms with Crippen LogP contribution in [0.5, 0.6) is 0 Å². The highest BCUT2D eigenvalue weighted by molar-refractivity contribution is 5.76. The molecule has 0 fully saturated rings. The van der Waals surface area contributed by atoms with Crippen LogP contribution >= 0.6 is 0 Å². The van der Waals surface area contributed by atoms with E-state index in [0.717, 1.165) is 24.9 Å². The summed E-state index contributed by atoms with van der Waals surface area (Å²) >= 11 is 0. The molecule has 0 heterocycles. The fourth-order valence-electron chi connectivity index (χ4n) is 1.59. The van der Waals surface area contributed by atoms with Crippen LogP contribution in [0.4, 0.5) is 0 Å². The zero-order valence-corrected chi connectivity index (χ0v) is 9.73. The van der Waals surface area contributed by atoms with E-state index in [2.05, 4.69) is 11.2 Å². The third-order valence-electron chi connectivity index (χ3n) is 2.52. The fraction of sp³-hybridized carbons (Fsp3) is 0.357. The van der Waals surface area contributed by atoms with Gasteiger partial charge in [0.05, 0.1) is 5.92 Å². The Morgan fingerprint density at radius 1 is 1.41 bits per heavy atom. The first kappa shape index (κ1) is 13.3. The Morgan fingerprint density at radius 3 is 2.71 bits per heavy atom. The second kappa shape index (κ2) is 7.48. The maximum absolute atomic E-state index is 11.1. The van der Waals surface area contributed by atoms with Gasteiger partial charge in [0.25, 0.3) is 0 Å². The lowest BCUT2D eigenvalue weighted by molar-refractivity contribution is -0.138. The molecule has 0 amide bonds. The number of hydrogen-bond acceptors (Lipinski definition) is 2. The molecule has 3 heteroatoms. The molecule has 1 unspecified atom stereocenters. The summed E-state index contributed by atoms with van der Waals surface area (Å²) in [6.45, 7) is 1.19. The minimum absolute atomic E-state index is 0.434. The summed E-state index contributed by atoms with van der Waals surface area (Å²) in [5.41, 5.74) is 0.824. The van der Waals surface area contributed by atoms with Crippen molar-refractivity contribution in [3.8, 4) is 12.3 Å². The van der Waals surface area contributed by atoms with Gasteiger partial charge in [-0.15, -0.1) is 12.3 Å². The Hall–Kier alpha value is -1.79. The molecule has 17 heavy (non-hydrogen) atoms. The number of carboxylic acid groups (broad SMARTS) is 1. The largest absolute Gasteiger partial charge is 0.481 e. The minimum atomic E-state index is -0.805. The van der Waals surface area contributed by atoms with Gasteiger partial charge in [0.15, 0.2) is 0 Å². The second-order valence-electron chi connectivity index (χ2n) is 3.81. The van der Waals surface area contributed by atoms with Crippen molar-refractivity contribution in [2.75, 3.05) is 13.1 Å². The van der Waals surface area contributed by atoms with Crippen LogP contribution in [0.1, 0.15) is 24.3 Å². The van der Waals surface area contributed by atoms with Crippen LogP contribution in [0.2, 0.25) is 0 Å². The average molecular weight is 231 g/mol. The monoisotopic (exact) mass is 231 g/mol. The second-order valence-corrected chi connectivity index (χ2v) is 3.81. The first-order valence-electron chi connectivity index (χ1n) is 5.67. The molecule has 2 N–H and O–H groups in total. The quantitative estimate of drug-likeness (QED) is 0.556. The number of aliphatic carboxylic acids is 1. The molecular formula is C14H17NO2. The summed E-state index contributed by atoms with van der Waals surface area (Å²) in [7, 11) is 0. The molecule has 1 aromatic rings. The van der Waals surface area contributed by atoms with E-state index in [1.54, 1.807) is 0 Å². The van der Waals surface area contributed by atoms with E-state index in [1.807, 2.05) is 30.3 Å². The summed E-state index contributed by atoms with van der Waals surface area (Å²) in [4.78, 5) is 11.1. The van der Waals surface area contributed by atoms with Crippen LogP contribution in [-0.4, -0.2) is 24.2 Å². The zero-order valence-electron chi connectivity index (χ0n) is 9.73. The lowest BCUT2D eigenvalue weighted by Crippen LogP contribution is -2.27. The molecule has 0 saturated carbocycles. The van der Waals surface area contributed by atoms with Crippen molar-refractivity contribution in [2.24, 2.45) is 0 Å². The van der Waals surface area contributed by atoms with E-state index in [4.69, 9.17) is 11.5 Å². The first-order valence-corrected chi connectivity index (χ1v) is 5.67. The van der Waals surface area contributed by atoms with E-state index in [1.165, 1.54) is 0 Å². The number of carboxylic acids is 1. The van der Waals surface area contributed by atoms with Crippen LogP contribution < -0.4 is 5.32 Å². The standard InChI is InChI=1S/C14H17NO2/c1-2-3-7-10-15-11-13(14(16)17)12-8-5-4-6-9-12/h1,4-6,8-9,13,15H,3,7,10-11H2,(H,16,17). The molecule has 3 nitrogen and oxygen atoms in total. The van der Waals surface area contributed by atoms with Crippen LogP contribution in [0.25, 0.3) is 0 Å². The third-order valence-corrected chi connectivity index (χ3v) is 2.52. The summed E-state index contributed by atoms with van der Waals surface area (Å²) in [6, 6.07) is 9.25. The molecule has 0 aliphatic carbocycles. The normalized spacial score (nSPS) is 11.7. The van der Waals surface area contributed by atoms with Gasteiger partial charge in [-0.05, 0) is 18.5 Å². The summed E-state index contributed by atoms with van der Waals surface area (Å²) in [6.07, 6.45) is 6.73. The number of rotatable bonds is 7. The average Bonchev–Trinajstić information content (AvgIpc) is 2.34.